The summed E-state index contributed by atoms with van der Waals surface area (Å²) < 4.78 is 26.7. The Bertz CT molecular complexity index is 1750. The van der Waals surface area contributed by atoms with E-state index in [-0.39, 0.29) is 16.7 Å². The van der Waals surface area contributed by atoms with Gasteiger partial charge in [0.25, 0.3) is 0 Å². The number of hydrogen-bond donors (Lipinski definition) is 0. The van der Waals surface area contributed by atoms with Gasteiger partial charge < -0.3 is 23.8 Å². The molecule has 0 radical (unpaired) electrons. The van der Waals surface area contributed by atoms with Gasteiger partial charge in [-0.1, -0.05) is 68.2 Å². The number of hydrogen-bond acceptors (Lipinski definition) is 5. The molecule has 1 heterocycles. The van der Waals surface area contributed by atoms with Crippen molar-refractivity contribution in [2.75, 3.05) is 52.5 Å². The van der Waals surface area contributed by atoms with Gasteiger partial charge >= 0.3 is 0 Å². The average Bonchev–Trinajstić information content (AvgIpc) is 3.84. The number of allylic oxidation sites excluding steroid dienone is 2. The largest absolute Gasteiger partial charge is 0.500 e. The van der Waals surface area contributed by atoms with Gasteiger partial charge in [0.05, 0.1) is 26.2 Å². The summed E-state index contributed by atoms with van der Waals surface area (Å²) in [5.74, 6) is 1.99. The molecule has 0 aromatic heterocycles. The zero-order valence-corrected chi connectivity index (χ0v) is 27.9. The molecule has 3 saturated carbocycles. The summed E-state index contributed by atoms with van der Waals surface area (Å²) in [5, 5.41) is 0. The van der Waals surface area contributed by atoms with E-state index in [9.17, 15) is 0 Å². The molecule has 1 saturated heterocycles. The molecular weight excluding hydrogens is 570 g/mol. The lowest BCUT2D eigenvalue weighted by molar-refractivity contribution is -0.0883. The van der Waals surface area contributed by atoms with Crippen molar-refractivity contribution < 1.29 is 18.9 Å². The molecule has 4 fully saturated rings. The second-order valence-corrected chi connectivity index (χ2v) is 15.4. The van der Waals surface area contributed by atoms with Crippen molar-refractivity contribution in [1.29, 1.82) is 0 Å². The third kappa shape index (κ3) is 2.83. The number of benzene rings is 2. The molecule has 46 heavy (non-hydrogen) atoms. The number of fused-ring (bicyclic) bond motifs is 6. The molecule has 2 aromatic rings. The molecule has 5 heteroatoms. The highest BCUT2D eigenvalue weighted by Crippen LogP contribution is 2.87. The van der Waals surface area contributed by atoms with Gasteiger partial charge in [-0.05, 0) is 72.1 Å². The van der Waals surface area contributed by atoms with Crippen LogP contribution in [-0.4, -0.2) is 53.2 Å². The summed E-state index contributed by atoms with van der Waals surface area (Å²) in [5.41, 5.74) is 12.1. The van der Waals surface area contributed by atoms with Gasteiger partial charge in [-0.15, -0.1) is 0 Å². The predicted octanol–water partition coefficient (Wildman–Crippen LogP) is 7.64. The van der Waals surface area contributed by atoms with Crippen LogP contribution in [0.2, 0.25) is 0 Å². The van der Waals surface area contributed by atoms with Crippen LogP contribution in [0.3, 0.4) is 0 Å². The van der Waals surface area contributed by atoms with E-state index in [0.29, 0.717) is 11.8 Å². The van der Waals surface area contributed by atoms with Crippen LogP contribution in [0.15, 0.2) is 76.6 Å². The van der Waals surface area contributed by atoms with Crippen LogP contribution >= 0.6 is 0 Å². The number of morpholine rings is 1. The van der Waals surface area contributed by atoms with Crippen LogP contribution in [0.4, 0.5) is 5.69 Å². The summed E-state index contributed by atoms with van der Waals surface area (Å²) >= 11 is 0. The molecule has 5 nitrogen and oxygen atoms in total. The summed E-state index contributed by atoms with van der Waals surface area (Å²) in [4.78, 5) is 2.57. The Morgan fingerprint density at radius 1 is 0.783 bits per heavy atom. The fourth-order valence-electron chi connectivity index (χ4n) is 13.1. The summed E-state index contributed by atoms with van der Waals surface area (Å²) in [6.45, 7) is 5.84. The standard InChI is InChI=1S/C41H47NO4/c1-25-22-29-28(24-31(25)42-18-20-46-21-19-42)38-16-10-8-14-32(38)40(29,44-3)37-36(38)39-17-11-9-15-33(39)41(37,45-4)34-30(39)23-27(35(34)43-2)26-12-6-5-7-13-26/h5-7,12-13,22-24,27,32-33H,8-11,14-21H2,1-4H3/t27-,32?,33?,38+,39-,40+,41+/m1/s1. The van der Waals surface area contributed by atoms with Gasteiger partial charge in [0, 0.05) is 66.8 Å². The second-order valence-electron chi connectivity index (χ2n) is 15.4. The zero-order chi connectivity index (χ0) is 31.1. The van der Waals surface area contributed by atoms with Gasteiger partial charge in [0.2, 0.25) is 0 Å². The van der Waals surface area contributed by atoms with E-state index in [2.05, 4.69) is 60.4 Å². The number of rotatable bonds is 5. The molecule has 240 valence electrons. The van der Waals surface area contributed by atoms with Crippen LogP contribution in [0.25, 0.3) is 0 Å². The van der Waals surface area contributed by atoms with Crippen LogP contribution in [0, 0.1) is 24.2 Å². The quantitative estimate of drug-likeness (QED) is 0.323. The Labute approximate surface area is 273 Å². The van der Waals surface area contributed by atoms with E-state index in [4.69, 9.17) is 18.9 Å². The molecule has 1 aliphatic heterocycles. The molecule has 0 spiro atoms. The third-order valence-corrected chi connectivity index (χ3v) is 14.3. The molecule has 0 amide bonds. The maximum Gasteiger partial charge on any atom is 0.125 e. The highest BCUT2D eigenvalue weighted by Gasteiger charge is 2.85. The molecule has 0 N–H and O–H groups in total. The minimum atomic E-state index is -0.536. The topological polar surface area (TPSA) is 40.2 Å². The van der Waals surface area contributed by atoms with Crippen LogP contribution in [0.1, 0.15) is 79.5 Å². The number of methoxy groups -OCH3 is 3. The lowest BCUT2D eigenvalue weighted by Gasteiger charge is -2.50. The van der Waals surface area contributed by atoms with Crippen molar-refractivity contribution in [2.45, 2.75) is 80.8 Å². The minimum Gasteiger partial charge on any atom is -0.500 e. The molecular formula is C41H47NO4. The summed E-state index contributed by atoms with van der Waals surface area (Å²) in [6, 6.07) is 16.1. The Morgan fingerprint density at radius 2 is 1.48 bits per heavy atom. The molecule has 4 bridgehead atoms. The van der Waals surface area contributed by atoms with E-state index in [1.807, 2.05) is 21.3 Å². The summed E-state index contributed by atoms with van der Waals surface area (Å²) in [6.07, 6.45) is 12.5. The van der Waals surface area contributed by atoms with E-state index >= 15 is 0 Å². The predicted molar refractivity (Wildman–Crippen MR) is 179 cm³/mol. The fraction of sp³-hybridized carbons (Fsp3) is 0.561. The third-order valence-electron chi connectivity index (χ3n) is 14.3. The normalized spacial score (nSPS) is 39.7. The highest BCUT2D eigenvalue weighted by atomic mass is 16.5. The van der Waals surface area contributed by atoms with Crippen molar-refractivity contribution in [1.82, 2.24) is 0 Å². The lowest BCUT2D eigenvalue weighted by Crippen LogP contribution is -2.50. The monoisotopic (exact) mass is 617 g/mol. The molecule has 2 aromatic carbocycles. The molecule has 2 unspecified atom stereocenters. The molecule has 7 aliphatic carbocycles. The van der Waals surface area contributed by atoms with E-state index in [1.54, 1.807) is 11.1 Å². The maximum absolute atomic E-state index is 7.21. The summed E-state index contributed by atoms with van der Waals surface area (Å²) in [7, 11) is 5.90. The van der Waals surface area contributed by atoms with E-state index in [1.165, 1.54) is 90.5 Å². The van der Waals surface area contributed by atoms with E-state index in [0.717, 1.165) is 32.1 Å². The molecule has 7 atom stereocenters. The Hall–Kier alpha value is -2.86. The van der Waals surface area contributed by atoms with E-state index < -0.39 is 11.2 Å². The van der Waals surface area contributed by atoms with Crippen molar-refractivity contribution >= 4 is 5.69 Å². The molecule has 10 rings (SSSR count). The number of nitrogens with zero attached hydrogens (tertiary/aromatic N) is 1. The molecule has 8 aliphatic rings. The first kappa shape index (κ1) is 28.2. The second kappa shape index (κ2) is 9.39. The maximum atomic E-state index is 7.21. The van der Waals surface area contributed by atoms with Crippen LogP contribution in [-0.2, 0) is 30.0 Å². The van der Waals surface area contributed by atoms with Crippen LogP contribution < -0.4 is 4.90 Å². The van der Waals surface area contributed by atoms with Gasteiger partial charge in [0.15, 0.2) is 0 Å². The van der Waals surface area contributed by atoms with Crippen molar-refractivity contribution in [3.63, 3.8) is 0 Å². The first-order valence-corrected chi connectivity index (χ1v) is 18.0. The average molecular weight is 618 g/mol. The first-order valence-electron chi connectivity index (χ1n) is 18.0. The number of ether oxygens (including phenoxy) is 4. The zero-order valence-electron chi connectivity index (χ0n) is 27.9. The Morgan fingerprint density at radius 3 is 2.17 bits per heavy atom. The fourth-order valence-corrected chi connectivity index (χ4v) is 13.1. The van der Waals surface area contributed by atoms with Gasteiger partial charge in [0.1, 0.15) is 17.0 Å². The van der Waals surface area contributed by atoms with Crippen LogP contribution in [0.5, 0.6) is 0 Å². The Kier molecular flexibility index (Phi) is 5.75. The SMILES string of the molecule is COC1=C2C(=C[C@@H]1c1ccccc1)[C@]13CCCCC1[C@@]2(OC)C1=C3[C@]23CCCCC2[C@@]1(OC)c1cc(C)c(N2CCOCC2)cc13. The Balaban J connectivity index is 1.29. The van der Waals surface area contributed by atoms with Gasteiger partial charge in [-0.3, -0.25) is 0 Å². The van der Waals surface area contributed by atoms with Gasteiger partial charge in [-0.2, -0.15) is 0 Å². The number of anilines is 1. The highest BCUT2D eigenvalue weighted by molar-refractivity contribution is 5.83. The van der Waals surface area contributed by atoms with Crippen molar-refractivity contribution in [2.24, 2.45) is 17.3 Å². The number of aryl methyl sites for hydroxylation is 1. The first-order chi connectivity index (χ1) is 22.6. The van der Waals surface area contributed by atoms with Crippen molar-refractivity contribution in [3.8, 4) is 0 Å². The minimum absolute atomic E-state index is 0.0199. The van der Waals surface area contributed by atoms with Gasteiger partial charge in [-0.25, -0.2) is 0 Å². The smallest absolute Gasteiger partial charge is 0.125 e. The van der Waals surface area contributed by atoms with Crippen molar-refractivity contribution in [3.05, 3.63) is 98.8 Å². The lowest BCUT2D eigenvalue weighted by atomic mass is 9.53.